The number of imidazole rings is 1. The first-order chi connectivity index (χ1) is 12.9. The zero-order valence-corrected chi connectivity index (χ0v) is 17.1. The number of nitrogens with zero attached hydrogens (tertiary/aromatic N) is 3. The average molecular weight is 431 g/mol. The van der Waals surface area contributed by atoms with E-state index in [1.165, 1.54) is 4.57 Å². The van der Waals surface area contributed by atoms with E-state index in [9.17, 15) is 9.59 Å². The molecule has 0 bridgehead atoms. The summed E-state index contributed by atoms with van der Waals surface area (Å²) >= 11 is 3.44. The highest BCUT2D eigenvalue weighted by atomic mass is 79.9. The van der Waals surface area contributed by atoms with Gasteiger partial charge in [-0.15, -0.1) is 0 Å². The van der Waals surface area contributed by atoms with Crippen molar-refractivity contribution >= 4 is 27.1 Å². The molecule has 27 heavy (non-hydrogen) atoms. The average Bonchev–Trinajstić information content (AvgIpc) is 2.99. The van der Waals surface area contributed by atoms with Crippen molar-refractivity contribution in [1.29, 1.82) is 0 Å². The zero-order chi connectivity index (χ0) is 19.1. The van der Waals surface area contributed by atoms with Crippen LogP contribution < -0.4 is 11.2 Å². The lowest BCUT2D eigenvalue weighted by atomic mass is 9.93. The van der Waals surface area contributed by atoms with E-state index >= 15 is 0 Å². The molecule has 7 heteroatoms. The van der Waals surface area contributed by atoms with Crippen molar-refractivity contribution in [2.45, 2.75) is 52.1 Å². The summed E-state index contributed by atoms with van der Waals surface area (Å²) in [6, 6.07) is 8.02. The van der Waals surface area contributed by atoms with Crippen molar-refractivity contribution in [1.82, 2.24) is 19.1 Å². The Morgan fingerprint density at radius 3 is 2.52 bits per heavy atom. The van der Waals surface area contributed by atoms with Gasteiger partial charge in [0.1, 0.15) is 11.3 Å². The predicted octanol–water partition coefficient (Wildman–Crippen LogP) is 3.62. The Morgan fingerprint density at radius 1 is 1.22 bits per heavy atom. The molecule has 0 unspecified atom stereocenters. The molecule has 4 rings (SSSR count). The first-order valence-corrected chi connectivity index (χ1v) is 10.2. The standard InChI is InChI=1S/C20H23BrN4O2/c1-12(2)11-24-18-17(19(26)25(20(24)27)15-4-3-5-15)22-16(23-18)10-13-6-8-14(21)9-7-13/h6-9,12,15H,3-5,10-11H2,1-2H3,(H,22,23). The second-order valence-corrected chi connectivity index (χ2v) is 8.65. The van der Waals surface area contributed by atoms with Crippen LogP contribution in [0.1, 0.15) is 50.5 Å². The summed E-state index contributed by atoms with van der Waals surface area (Å²) in [5.74, 6) is 0.984. The number of benzene rings is 1. The number of aromatic nitrogens is 4. The van der Waals surface area contributed by atoms with Gasteiger partial charge in [-0.3, -0.25) is 13.9 Å². The van der Waals surface area contributed by atoms with E-state index in [0.29, 0.717) is 30.0 Å². The van der Waals surface area contributed by atoms with Crippen molar-refractivity contribution in [2.75, 3.05) is 0 Å². The third-order valence-corrected chi connectivity index (χ3v) is 5.66. The molecule has 0 spiro atoms. The number of aromatic amines is 1. The first kappa shape index (κ1) is 18.2. The molecule has 1 aliphatic carbocycles. The fourth-order valence-electron chi connectivity index (χ4n) is 3.56. The summed E-state index contributed by atoms with van der Waals surface area (Å²) in [6.45, 7) is 4.67. The molecule has 142 valence electrons. The lowest BCUT2D eigenvalue weighted by Gasteiger charge is -2.27. The topological polar surface area (TPSA) is 72.7 Å². The summed E-state index contributed by atoms with van der Waals surface area (Å²) in [5, 5.41) is 0. The third kappa shape index (κ3) is 3.40. The minimum Gasteiger partial charge on any atom is -0.336 e. The van der Waals surface area contributed by atoms with Crippen LogP contribution in [0.25, 0.3) is 11.2 Å². The molecule has 2 heterocycles. The molecular formula is C20H23BrN4O2. The van der Waals surface area contributed by atoms with E-state index < -0.39 is 0 Å². The monoisotopic (exact) mass is 430 g/mol. The number of hydrogen-bond donors (Lipinski definition) is 1. The molecule has 0 saturated heterocycles. The van der Waals surface area contributed by atoms with Gasteiger partial charge in [0, 0.05) is 23.5 Å². The van der Waals surface area contributed by atoms with Gasteiger partial charge < -0.3 is 4.98 Å². The van der Waals surface area contributed by atoms with Gasteiger partial charge in [0.05, 0.1) is 0 Å². The van der Waals surface area contributed by atoms with E-state index in [4.69, 9.17) is 0 Å². The molecule has 0 amide bonds. The molecule has 1 fully saturated rings. The van der Waals surface area contributed by atoms with Crippen molar-refractivity contribution in [3.05, 3.63) is 61.0 Å². The summed E-state index contributed by atoms with van der Waals surface area (Å²) < 4.78 is 4.13. The van der Waals surface area contributed by atoms with Gasteiger partial charge in [0.15, 0.2) is 5.65 Å². The minimum absolute atomic E-state index is 0.0195. The highest BCUT2D eigenvalue weighted by molar-refractivity contribution is 9.10. The van der Waals surface area contributed by atoms with E-state index in [2.05, 4.69) is 39.7 Å². The van der Waals surface area contributed by atoms with Crippen LogP contribution in [-0.2, 0) is 13.0 Å². The van der Waals surface area contributed by atoms with Crippen molar-refractivity contribution in [3.8, 4) is 0 Å². The van der Waals surface area contributed by atoms with E-state index in [0.717, 1.165) is 29.3 Å². The molecule has 1 N–H and O–H groups in total. The van der Waals surface area contributed by atoms with Gasteiger partial charge in [0.25, 0.3) is 5.56 Å². The van der Waals surface area contributed by atoms with Crippen LogP contribution in [0.2, 0.25) is 0 Å². The number of halogens is 1. The predicted molar refractivity (Wildman–Crippen MR) is 109 cm³/mol. The Balaban J connectivity index is 1.85. The Labute approximate surface area is 165 Å². The van der Waals surface area contributed by atoms with E-state index in [1.807, 2.05) is 24.3 Å². The Kier molecular flexibility index (Phi) is 4.80. The summed E-state index contributed by atoms with van der Waals surface area (Å²) in [7, 11) is 0. The maximum Gasteiger partial charge on any atom is 0.333 e. The Bertz CT molecular complexity index is 1090. The van der Waals surface area contributed by atoms with Gasteiger partial charge in [-0.1, -0.05) is 41.9 Å². The first-order valence-electron chi connectivity index (χ1n) is 9.42. The van der Waals surface area contributed by atoms with Crippen LogP contribution in [0.5, 0.6) is 0 Å². The van der Waals surface area contributed by atoms with Crippen LogP contribution in [0, 0.1) is 5.92 Å². The molecule has 0 aliphatic heterocycles. The molecule has 0 radical (unpaired) electrons. The van der Waals surface area contributed by atoms with Gasteiger partial charge in [-0.25, -0.2) is 9.78 Å². The Hall–Kier alpha value is -2.15. The lowest BCUT2D eigenvalue weighted by Crippen LogP contribution is -2.44. The molecule has 0 atom stereocenters. The van der Waals surface area contributed by atoms with Crippen LogP contribution >= 0.6 is 15.9 Å². The molecule has 1 aliphatic rings. The third-order valence-electron chi connectivity index (χ3n) is 5.13. The van der Waals surface area contributed by atoms with Gasteiger partial charge in [-0.05, 0) is 42.9 Å². The number of hydrogen-bond acceptors (Lipinski definition) is 3. The summed E-state index contributed by atoms with van der Waals surface area (Å²) in [6.07, 6.45) is 3.43. The molecule has 3 aromatic rings. The van der Waals surface area contributed by atoms with Gasteiger partial charge in [-0.2, -0.15) is 0 Å². The van der Waals surface area contributed by atoms with Gasteiger partial charge in [0.2, 0.25) is 0 Å². The quantitative estimate of drug-likeness (QED) is 0.671. The van der Waals surface area contributed by atoms with Crippen LogP contribution in [0.4, 0.5) is 0 Å². The van der Waals surface area contributed by atoms with Crippen LogP contribution in [0.15, 0.2) is 38.3 Å². The second-order valence-electron chi connectivity index (χ2n) is 7.73. The number of H-pyrrole nitrogens is 1. The molecule has 1 saturated carbocycles. The highest BCUT2D eigenvalue weighted by Gasteiger charge is 2.26. The Morgan fingerprint density at radius 2 is 1.93 bits per heavy atom. The maximum atomic E-state index is 13.0. The largest absolute Gasteiger partial charge is 0.336 e. The van der Waals surface area contributed by atoms with Crippen molar-refractivity contribution in [3.63, 3.8) is 0 Å². The van der Waals surface area contributed by atoms with Crippen LogP contribution in [-0.4, -0.2) is 19.1 Å². The number of fused-ring (bicyclic) bond motifs is 1. The highest BCUT2D eigenvalue weighted by Crippen LogP contribution is 2.29. The molecule has 2 aromatic heterocycles. The molecule has 1 aromatic carbocycles. The zero-order valence-electron chi connectivity index (χ0n) is 15.5. The minimum atomic E-state index is -0.241. The lowest BCUT2D eigenvalue weighted by molar-refractivity contribution is 0.290. The van der Waals surface area contributed by atoms with Crippen LogP contribution in [0.3, 0.4) is 0 Å². The fraction of sp³-hybridized carbons (Fsp3) is 0.450. The smallest absolute Gasteiger partial charge is 0.333 e. The SMILES string of the molecule is CC(C)Cn1c(=O)n(C2CCC2)c(=O)c2[nH]c(Cc3ccc(Br)cc3)nc21. The van der Waals surface area contributed by atoms with Crippen molar-refractivity contribution < 1.29 is 0 Å². The number of rotatable bonds is 5. The molecule has 6 nitrogen and oxygen atoms in total. The van der Waals surface area contributed by atoms with E-state index in [-0.39, 0.29) is 23.2 Å². The summed E-state index contributed by atoms with van der Waals surface area (Å²) in [4.78, 5) is 33.9. The summed E-state index contributed by atoms with van der Waals surface area (Å²) in [5.41, 5.74) is 1.53. The molecular weight excluding hydrogens is 408 g/mol. The normalized spacial score (nSPS) is 14.8. The maximum absolute atomic E-state index is 13.0. The van der Waals surface area contributed by atoms with E-state index in [1.54, 1.807) is 4.57 Å². The number of nitrogens with one attached hydrogen (secondary N) is 1. The van der Waals surface area contributed by atoms with Gasteiger partial charge >= 0.3 is 5.69 Å². The van der Waals surface area contributed by atoms with Crippen molar-refractivity contribution in [2.24, 2.45) is 5.92 Å². The second kappa shape index (κ2) is 7.11. The fourth-order valence-corrected chi connectivity index (χ4v) is 3.82.